The number of carbonyl (C=O) groups excluding carboxylic acids is 1. The third-order valence-electron chi connectivity index (χ3n) is 2.48. The van der Waals surface area contributed by atoms with Crippen molar-refractivity contribution < 1.29 is 13.9 Å². The number of rotatable bonds is 4. The fraction of sp³-hybridized carbons (Fsp3) is 0.417. The first kappa shape index (κ1) is 13.9. The van der Waals surface area contributed by atoms with Gasteiger partial charge in [-0.2, -0.15) is 0 Å². The van der Waals surface area contributed by atoms with E-state index in [1.54, 1.807) is 13.0 Å². The monoisotopic (exact) mass is 259 g/mol. The van der Waals surface area contributed by atoms with Crippen LogP contribution in [-0.4, -0.2) is 19.1 Å². The van der Waals surface area contributed by atoms with Crippen molar-refractivity contribution in [3.8, 4) is 0 Å². The lowest BCUT2D eigenvalue weighted by atomic mass is 10.1. The molecule has 0 amide bonds. The summed E-state index contributed by atoms with van der Waals surface area (Å²) >= 11 is 5.93. The molecule has 0 fully saturated rings. The van der Waals surface area contributed by atoms with Gasteiger partial charge in [-0.05, 0) is 31.5 Å². The molecule has 0 aliphatic heterocycles. The van der Waals surface area contributed by atoms with E-state index in [0.717, 1.165) is 5.56 Å². The maximum absolute atomic E-state index is 12.9. The highest BCUT2D eigenvalue weighted by Gasteiger charge is 2.18. The molecule has 0 aliphatic carbocycles. The van der Waals surface area contributed by atoms with E-state index in [1.807, 2.05) is 6.92 Å². The van der Waals surface area contributed by atoms with Crippen molar-refractivity contribution in [3.63, 3.8) is 0 Å². The molecule has 3 nitrogen and oxygen atoms in total. The van der Waals surface area contributed by atoms with Gasteiger partial charge in [0, 0.05) is 11.1 Å². The molecule has 0 aliphatic rings. The number of ether oxygens (including phenoxy) is 1. The molecule has 0 saturated heterocycles. The predicted molar refractivity (Wildman–Crippen MR) is 64.4 cm³/mol. The van der Waals surface area contributed by atoms with Gasteiger partial charge in [0.15, 0.2) is 0 Å². The average molecular weight is 260 g/mol. The number of methoxy groups -OCH3 is 1. The second-order valence-corrected chi connectivity index (χ2v) is 4.21. The van der Waals surface area contributed by atoms with Crippen LogP contribution >= 0.6 is 11.6 Å². The summed E-state index contributed by atoms with van der Waals surface area (Å²) in [6, 6.07) is 3.56. The summed E-state index contributed by atoms with van der Waals surface area (Å²) in [5.41, 5.74) is 0.740. The Morgan fingerprint density at radius 1 is 1.47 bits per heavy atom. The van der Waals surface area contributed by atoms with Gasteiger partial charge in [-0.1, -0.05) is 17.7 Å². The van der Waals surface area contributed by atoms with Gasteiger partial charge in [0.25, 0.3) is 0 Å². The second-order valence-electron chi connectivity index (χ2n) is 3.80. The van der Waals surface area contributed by atoms with Crippen LogP contribution in [-0.2, 0) is 9.53 Å². The Bertz CT molecular complexity index is 411. The molecule has 0 saturated carbocycles. The van der Waals surface area contributed by atoms with Crippen molar-refractivity contribution in [1.29, 1.82) is 0 Å². The van der Waals surface area contributed by atoms with Crippen molar-refractivity contribution in [2.75, 3.05) is 7.11 Å². The maximum Gasteiger partial charge on any atom is 0.322 e. The Hall–Kier alpha value is -1.13. The molecule has 0 radical (unpaired) electrons. The molecular formula is C12H15ClFNO2. The summed E-state index contributed by atoms with van der Waals surface area (Å²) in [6.07, 6.45) is 0. The quantitative estimate of drug-likeness (QED) is 0.845. The first-order valence-electron chi connectivity index (χ1n) is 5.24. The molecule has 0 aromatic heterocycles. The molecule has 5 heteroatoms. The molecule has 2 atom stereocenters. The topological polar surface area (TPSA) is 38.3 Å². The van der Waals surface area contributed by atoms with Crippen LogP contribution in [0.3, 0.4) is 0 Å². The summed E-state index contributed by atoms with van der Waals surface area (Å²) in [6.45, 7) is 3.54. The van der Waals surface area contributed by atoms with Crippen molar-refractivity contribution >= 4 is 17.6 Å². The number of esters is 1. The summed E-state index contributed by atoms with van der Waals surface area (Å²) in [7, 11) is 1.33. The molecule has 1 rings (SSSR count). The minimum Gasteiger partial charge on any atom is -0.468 e. The lowest BCUT2D eigenvalue weighted by molar-refractivity contribution is -0.142. The fourth-order valence-corrected chi connectivity index (χ4v) is 1.89. The van der Waals surface area contributed by atoms with Crippen LogP contribution in [0, 0.1) is 5.82 Å². The average Bonchev–Trinajstić information content (AvgIpc) is 2.27. The van der Waals surface area contributed by atoms with Crippen LogP contribution in [0.5, 0.6) is 0 Å². The third-order valence-corrected chi connectivity index (χ3v) is 2.81. The summed E-state index contributed by atoms with van der Waals surface area (Å²) in [5, 5.41) is 3.36. The van der Waals surface area contributed by atoms with Crippen molar-refractivity contribution in [1.82, 2.24) is 5.32 Å². The van der Waals surface area contributed by atoms with Crippen molar-refractivity contribution in [2.24, 2.45) is 0 Å². The Kier molecular flexibility index (Phi) is 4.90. The zero-order chi connectivity index (χ0) is 13.0. The highest BCUT2D eigenvalue weighted by molar-refractivity contribution is 6.31. The highest BCUT2D eigenvalue weighted by atomic mass is 35.5. The Balaban J connectivity index is 2.76. The highest BCUT2D eigenvalue weighted by Crippen LogP contribution is 2.23. The molecule has 94 valence electrons. The fourth-order valence-electron chi connectivity index (χ4n) is 1.56. The van der Waals surface area contributed by atoms with Gasteiger partial charge in [-0.15, -0.1) is 0 Å². The summed E-state index contributed by atoms with van der Waals surface area (Å²) < 4.78 is 17.5. The maximum atomic E-state index is 12.9. The molecule has 1 aromatic rings. The van der Waals surface area contributed by atoms with Gasteiger partial charge in [-0.25, -0.2) is 4.39 Å². The van der Waals surface area contributed by atoms with E-state index in [9.17, 15) is 9.18 Å². The number of carbonyl (C=O) groups is 1. The van der Waals surface area contributed by atoms with Crippen LogP contribution < -0.4 is 5.32 Å². The van der Waals surface area contributed by atoms with Gasteiger partial charge >= 0.3 is 5.97 Å². The Morgan fingerprint density at radius 3 is 2.65 bits per heavy atom. The Morgan fingerprint density at radius 2 is 2.12 bits per heavy atom. The number of halogens is 2. The smallest absolute Gasteiger partial charge is 0.322 e. The first-order chi connectivity index (χ1) is 7.95. The van der Waals surface area contributed by atoms with E-state index >= 15 is 0 Å². The van der Waals surface area contributed by atoms with E-state index in [2.05, 4.69) is 10.1 Å². The molecule has 0 spiro atoms. The van der Waals surface area contributed by atoms with Gasteiger partial charge in [0.2, 0.25) is 0 Å². The third kappa shape index (κ3) is 3.68. The van der Waals surface area contributed by atoms with E-state index in [4.69, 9.17) is 11.6 Å². The van der Waals surface area contributed by atoms with Crippen molar-refractivity contribution in [3.05, 3.63) is 34.6 Å². The van der Waals surface area contributed by atoms with Crippen molar-refractivity contribution in [2.45, 2.75) is 25.9 Å². The standard InChI is InChI=1S/C12H15ClFNO2/c1-7(15-8(2)12(16)17-3)10-5-4-9(14)6-11(10)13/h4-8,15H,1-3H3/t7?,8-/m1/s1. The largest absolute Gasteiger partial charge is 0.468 e. The minimum atomic E-state index is -0.448. The second kappa shape index (κ2) is 5.98. The minimum absolute atomic E-state index is 0.169. The van der Waals surface area contributed by atoms with E-state index in [1.165, 1.54) is 19.2 Å². The molecule has 1 aromatic carbocycles. The van der Waals surface area contributed by atoms with Crippen LogP contribution in [0.1, 0.15) is 25.5 Å². The molecule has 0 bridgehead atoms. The molecule has 1 unspecified atom stereocenters. The van der Waals surface area contributed by atoms with Gasteiger partial charge in [0.1, 0.15) is 11.9 Å². The van der Waals surface area contributed by atoms with E-state index < -0.39 is 6.04 Å². The first-order valence-corrected chi connectivity index (χ1v) is 5.62. The van der Waals surface area contributed by atoms with Crippen LogP contribution in [0.2, 0.25) is 5.02 Å². The SMILES string of the molecule is COC(=O)[C@@H](C)NC(C)c1ccc(F)cc1Cl. The zero-order valence-electron chi connectivity index (χ0n) is 9.96. The number of hydrogen-bond donors (Lipinski definition) is 1. The Labute approximate surface area is 105 Å². The molecule has 1 N–H and O–H groups in total. The molecule has 0 heterocycles. The molecular weight excluding hydrogens is 245 g/mol. The number of hydrogen-bond acceptors (Lipinski definition) is 3. The van der Waals surface area contributed by atoms with E-state index in [-0.39, 0.29) is 17.8 Å². The predicted octanol–water partition coefficient (Wildman–Crippen LogP) is 2.69. The summed E-state index contributed by atoms with van der Waals surface area (Å²) in [4.78, 5) is 11.2. The number of nitrogens with one attached hydrogen (secondary N) is 1. The zero-order valence-corrected chi connectivity index (χ0v) is 10.7. The normalized spacial score (nSPS) is 14.2. The van der Waals surface area contributed by atoms with E-state index in [0.29, 0.717) is 5.02 Å². The van der Waals surface area contributed by atoms with Gasteiger partial charge < -0.3 is 4.74 Å². The lowest BCUT2D eigenvalue weighted by Crippen LogP contribution is -2.36. The van der Waals surface area contributed by atoms with Crippen LogP contribution in [0.4, 0.5) is 4.39 Å². The number of benzene rings is 1. The molecule has 17 heavy (non-hydrogen) atoms. The lowest BCUT2D eigenvalue weighted by Gasteiger charge is -2.19. The summed E-state index contributed by atoms with van der Waals surface area (Å²) in [5.74, 6) is -0.734. The van der Waals surface area contributed by atoms with Crippen LogP contribution in [0.25, 0.3) is 0 Å². The van der Waals surface area contributed by atoms with Gasteiger partial charge in [-0.3, -0.25) is 10.1 Å². The van der Waals surface area contributed by atoms with Crippen LogP contribution in [0.15, 0.2) is 18.2 Å². The van der Waals surface area contributed by atoms with Gasteiger partial charge in [0.05, 0.1) is 7.11 Å².